The molecule has 1 atom stereocenters. The highest BCUT2D eigenvalue weighted by Crippen LogP contribution is 2.32. The second-order valence-corrected chi connectivity index (χ2v) is 6.13. The fourth-order valence-electron chi connectivity index (χ4n) is 3.20. The summed E-state index contributed by atoms with van der Waals surface area (Å²) < 4.78 is 16.2. The van der Waals surface area contributed by atoms with Crippen molar-refractivity contribution in [3.05, 3.63) is 59.9 Å². The maximum atomic E-state index is 13.0. The molecule has 128 valence electrons. The Labute approximate surface area is 143 Å². The number of amides is 1. The normalized spacial score (nSPS) is 17.2. The van der Waals surface area contributed by atoms with Gasteiger partial charge in [0.15, 0.2) is 5.69 Å². The number of halogens is 1. The van der Waals surface area contributed by atoms with Crippen molar-refractivity contribution < 1.29 is 9.18 Å². The first-order chi connectivity index (χ1) is 12.1. The van der Waals surface area contributed by atoms with Gasteiger partial charge >= 0.3 is 0 Å². The van der Waals surface area contributed by atoms with Gasteiger partial charge in [0, 0.05) is 25.4 Å². The summed E-state index contributed by atoms with van der Waals surface area (Å²) in [6, 6.07) is 5.88. The van der Waals surface area contributed by atoms with E-state index in [1.807, 2.05) is 18.1 Å². The fraction of sp³-hybridized carbons (Fsp3) is 0.294. The first-order valence-corrected chi connectivity index (χ1v) is 8.09. The number of carbonyl (C=O) groups is 1. The van der Waals surface area contributed by atoms with Crippen LogP contribution in [0.1, 0.15) is 34.9 Å². The molecule has 0 unspecified atom stereocenters. The Morgan fingerprint density at radius 2 is 2.04 bits per heavy atom. The van der Waals surface area contributed by atoms with Crippen molar-refractivity contribution in [1.29, 1.82) is 0 Å². The molecule has 0 N–H and O–H groups in total. The lowest BCUT2D eigenvalue weighted by Gasteiger charge is -2.22. The molecule has 8 heteroatoms. The minimum absolute atomic E-state index is 0.0113. The number of aromatic nitrogens is 5. The molecule has 1 amide bonds. The van der Waals surface area contributed by atoms with Crippen LogP contribution in [0.15, 0.2) is 42.9 Å². The lowest BCUT2D eigenvalue weighted by molar-refractivity contribution is 0.0729. The van der Waals surface area contributed by atoms with E-state index in [1.54, 1.807) is 29.2 Å². The quantitative estimate of drug-likeness (QED) is 0.732. The molecule has 0 saturated carbocycles. The molecule has 4 rings (SSSR count). The van der Waals surface area contributed by atoms with Gasteiger partial charge in [-0.3, -0.25) is 9.48 Å². The van der Waals surface area contributed by atoms with Gasteiger partial charge in [-0.25, -0.2) is 9.07 Å². The minimum atomic E-state index is -0.323. The predicted octanol–water partition coefficient (Wildman–Crippen LogP) is 2.12. The number of hydrogen-bond acceptors (Lipinski definition) is 4. The third-order valence-electron chi connectivity index (χ3n) is 4.43. The molecule has 1 fully saturated rings. The molecule has 3 aromatic rings. The van der Waals surface area contributed by atoms with E-state index in [-0.39, 0.29) is 23.5 Å². The van der Waals surface area contributed by atoms with Crippen molar-refractivity contribution in [3.63, 3.8) is 0 Å². The third-order valence-corrected chi connectivity index (χ3v) is 4.43. The first-order valence-electron chi connectivity index (χ1n) is 8.09. The summed E-state index contributed by atoms with van der Waals surface area (Å²) in [5, 5.41) is 12.2. The van der Waals surface area contributed by atoms with Crippen molar-refractivity contribution in [3.8, 4) is 5.69 Å². The van der Waals surface area contributed by atoms with E-state index in [1.165, 1.54) is 16.8 Å². The zero-order valence-corrected chi connectivity index (χ0v) is 13.7. The summed E-state index contributed by atoms with van der Waals surface area (Å²) in [6.07, 6.45) is 7.16. The molecule has 1 saturated heterocycles. The Morgan fingerprint density at radius 3 is 2.76 bits per heavy atom. The van der Waals surface area contributed by atoms with Crippen molar-refractivity contribution in [2.45, 2.75) is 18.9 Å². The van der Waals surface area contributed by atoms with Crippen LogP contribution >= 0.6 is 0 Å². The Kier molecular flexibility index (Phi) is 3.79. The van der Waals surface area contributed by atoms with Crippen LogP contribution in [-0.4, -0.2) is 42.1 Å². The first kappa shape index (κ1) is 15.5. The van der Waals surface area contributed by atoms with Crippen LogP contribution in [0.5, 0.6) is 0 Å². The zero-order chi connectivity index (χ0) is 17.4. The van der Waals surface area contributed by atoms with Crippen molar-refractivity contribution in [2.24, 2.45) is 7.05 Å². The summed E-state index contributed by atoms with van der Waals surface area (Å²) in [5.41, 5.74) is 1.96. The monoisotopic (exact) mass is 340 g/mol. The summed E-state index contributed by atoms with van der Waals surface area (Å²) in [7, 11) is 1.86. The predicted molar refractivity (Wildman–Crippen MR) is 87.5 cm³/mol. The van der Waals surface area contributed by atoms with E-state index in [0.29, 0.717) is 12.2 Å². The molecule has 0 spiro atoms. The van der Waals surface area contributed by atoms with Crippen LogP contribution in [0.2, 0.25) is 0 Å². The van der Waals surface area contributed by atoms with Gasteiger partial charge < -0.3 is 4.90 Å². The summed E-state index contributed by atoms with van der Waals surface area (Å²) in [5.74, 6) is -0.476. The van der Waals surface area contributed by atoms with E-state index in [4.69, 9.17) is 0 Å². The third kappa shape index (κ3) is 2.90. The second-order valence-electron chi connectivity index (χ2n) is 6.13. The highest BCUT2D eigenvalue weighted by molar-refractivity contribution is 5.92. The summed E-state index contributed by atoms with van der Waals surface area (Å²) >= 11 is 0. The van der Waals surface area contributed by atoms with Gasteiger partial charge in [0.25, 0.3) is 5.91 Å². The van der Waals surface area contributed by atoms with Gasteiger partial charge in [-0.05, 0) is 37.1 Å². The Balaban J connectivity index is 1.57. The minimum Gasteiger partial charge on any atom is -0.330 e. The molecule has 1 aromatic carbocycles. The molecule has 2 aromatic heterocycles. The van der Waals surface area contributed by atoms with Crippen molar-refractivity contribution >= 4 is 5.91 Å². The van der Waals surface area contributed by atoms with E-state index >= 15 is 0 Å². The number of likely N-dealkylation sites (tertiary alicyclic amines) is 1. The molecular weight excluding hydrogens is 323 g/mol. The van der Waals surface area contributed by atoms with Gasteiger partial charge in [-0.1, -0.05) is 5.21 Å². The van der Waals surface area contributed by atoms with E-state index in [2.05, 4.69) is 15.4 Å². The SMILES string of the molecule is Cn1cc([C@@H]2CCCN2C(=O)c2cn(-c3ccc(F)cc3)nn2)cn1. The van der Waals surface area contributed by atoms with Crippen LogP contribution in [-0.2, 0) is 7.05 Å². The Morgan fingerprint density at radius 1 is 1.24 bits per heavy atom. The Hall–Kier alpha value is -3.03. The molecule has 0 aliphatic carbocycles. The highest BCUT2D eigenvalue weighted by Gasteiger charge is 2.32. The summed E-state index contributed by atoms with van der Waals surface area (Å²) in [6.45, 7) is 0.682. The van der Waals surface area contributed by atoms with Crippen LogP contribution in [0, 0.1) is 5.82 Å². The molecular formula is C17H17FN6O. The van der Waals surface area contributed by atoms with Crippen LogP contribution in [0.3, 0.4) is 0 Å². The number of aryl methyl sites for hydroxylation is 1. The zero-order valence-electron chi connectivity index (χ0n) is 13.7. The molecule has 3 heterocycles. The van der Waals surface area contributed by atoms with Crippen molar-refractivity contribution in [1.82, 2.24) is 29.7 Å². The van der Waals surface area contributed by atoms with Crippen molar-refractivity contribution in [2.75, 3.05) is 6.54 Å². The number of hydrogen-bond donors (Lipinski definition) is 0. The van der Waals surface area contributed by atoms with Gasteiger partial charge in [-0.2, -0.15) is 5.10 Å². The number of carbonyl (C=O) groups excluding carboxylic acids is 1. The number of rotatable bonds is 3. The molecule has 0 bridgehead atoms. The molecule has 25 heavy (non-hydrogen) atoms. The molecule has 1 aliphatic rings. The van der Waals surface area contributed by atoms with Gasteiger partial charge in [0.2, 0.25) is 0 Å². The topological polar surface area (TPSA) is 68.8 Å². The maximum absolute atomic E-state index is 13.0. The van der Waals surface area contributed by atoms with Crippen LogP contribution < -0.4 is 0 Å². The molecule has 1 aliphatic heterocycles. The molecule has 0 radical (unpaired) electrons. The van der Waals surface area contributed by atoms with E-state index in [9.17, 15) is 9.18 Å². The van der Waals surface area contributed by atoms with Crippen LogP contribution in [0.25, 0.3) is 5.69 Å². The van der Waals surface area contributed by atoms with Gasteiger partial charge in [-0.15, -0.1) is 5.10 Å². The van der Waals surface area contributed by atoms with Crippen LogP contribution in [0.4, 0.5) is 4.39 Å². The lowest BCUT2D eigenvalue weighted by Crippen LogP contribution is -2.30. The number of benzene rings is 1. The smallest absolute Gasteiger partial charge is 0.276 e. The standard InChI is InChI=1S/C17H17FN6O/c1-22-10-12(9-19-22)16-3-2-8-23(16)17(25)15-11-24(21-20-15)14-6-4-13(18)5-7-14/h4-7,9-11,16H,2-3,8H2,1H3/t16-/m0/s1. The molecule has 7 nitrogen and oxygen atoms in total. The summed E-state index contributed by atoms with van der Waals surface area (Å²) in [4.78, 5) is 14.7. The highest BCUT2D eigenvalue weighted by atomic mass is 19.1. The van der Waals surface area contributed by atoms with E-state index < -0.39 is 0 Å². The number of nitrogens with zero attached hydrogens (tertiary/aromatic N) is 6. The fourth-order valence-corrected chi connectivity index (χ4v) is 3.20. The Bertz CT molecular complexity index is 900. The second kappa shape index (κ2) is 6.12. The van der Waals surface area contributed by atoms with Gasteiger partial charge in [0.1, 0.15) is 5.82 Å². The van der Waals surface area contributed by atoms with Gasteiger partial charge in [0.05, 0.1) is 24.1 Å². The average Bonchev–Trinajstić information content (AvgIpc) is 3.35. The lowest BCUT2D eigenvalue weighted by atomic mass is 10.1. The van der Waals surface area contributed by atoms with E-state index in [0.717, 1.165) is 18.4 Å². The average molecular weight is 340 g/mol. The maximum Gasteiger partial charge on any atom is 0.276 e. The largest absolute Gasteiger partial charge is 0.330 e.